The lowest BCUT2D eigenvalue weighted by Crippen LogP contribution is -2.43. The lowest BCUT2D eigenvalue weighted by Gasteiger charge is -2.28. The molecule has 1 atom stereocenters. The fourth-order valence-corrected chi connectivity index (χ4v) is 5.22. The zero-order valence-corrected chi connectivity index (χ0v) is 18.4. The third-order valence-corrected chi connectivity index (χ3v) is 7.38. The van der Waals surface area contributed by atoms with E-state index < -0.39 is 35.7 Å². The zero-order chi connectivity index (χ0) is 24.1. The molecule has 2 saturated heterocycles. The van der Waals surface area contributed by atoms with Crippen LogP contribution in [0.5, 0.6) is 0 Å². The SMILES string of the molecule is O=C(NCC1(C(F)(F)F)CC1)c1cncc(-c2cc(F)cc(F)c2)c1N1CC[C@@]2(CCCN2)C1. The highest BCUT2D eigenvalue weighted by atomic mass is 19.4. The maximum Gasteiger partial charge on any atom is 0.396 e. The van der Waals surface area contributed by atoms with Crippen molar-refractivity contribution in [2.24, 2.45) is 5.41 Å². The highest BCUT2D eigenvalue weighted by Crippen LogP contribution is 2.57. The highest BCUT2D eigenvalue weighted by Gasteiger charge is 2.63. The number of alkyl halides is 3. The summed E-state index contributed by atoms with van der Waals surface area (Å²) in [5.41, 5.74) is -0.905. The van der Waals surface area contributed by atoms with E-state index in [1.54, 1.807) is 0 Å². The minimum absolute atomic E-state index is 0.0230. The molecule has 1 spiro atoms. The molecule has 5 rings (SSSR count). The molecule has 34 heavy (non-hydrogen) atoms. The molecule has 2 aromatic rings. The van der Waals surface area contributed by atoms with E-state index in [4.69, 9.17) is 0 Å². The molecule has 2 aliphatic heterocycles. The fraction of sp³-hybridized carbons (Fsp3) is 0.500. The van der Waals surface area contributed by atoms with Crippen LogP contribution >= 0.6 is 0 Å². The maximum absolute atomic E-state index is 14.0. The van der Waals surface area contributed by atoms with Gasteiger partial charge in [0.2, 0.25) is 0 Å². The Hall–Kier alpha value is -2.75. The number of hydrogen-bond acceptors (Lipinski definition) is 4. The summed E-state index contributed by atoms with van der Waals surface area (Å²) in [4.78, 5) is 19.2. The number of carbonyl (C=O) groups excluding carboxylic acids is 1. The molecule has 1 amide bonds. The van der Waals surface area contributed by atoms with Gasteiger partial charge in [0, 0.05) is 49.2 Å². The number of aromatic nitrogens is 1. The summed E-state index contributed by atoms with van der Waals surface area (Å²) in [6.45, 7) is 1.54. The van der Waals surface area contributed by atoms with E-state index in [9.17, 15) is 26.7 Å². The van der Waals surface area contributed by atoms with E-state index in [1.807, 2.05) is 4.90 Å². The predicted molar refractivity (Wildman–Crippen MR) is 116 cm³/mol. The number of halogens is 5. The second kappa shape index (κ2) is 8.18. The first-order valence-electron chi connectivity index (χ1n) is 11.4. The van der Waals surface area contributed by atoms with Gasteiger partial charge in [0.25, 0.3) is 5.91 Å². The molecule has 1 aliphatic carbocycles. The number of hydrogen-bond donors (Lipinski definition) is 2. The number of rotatable bonds is 5. The first kappa shape index (κ1) is 23.0. The summed E-state index contributed by atoms with van der Waals surface area (Å²) < 4.78 is 68.1. The summed E-state index contributed by atoms with van der Waals surface area (Å²) in [5.74, 6) is -2.23. The number of nitrogens with zero attached hydrogens (tertiary/aromatic N) is 2. The Kier molecular flexibility index (Phi) is 5.54. The van der Waals surface area contributed by atoms with E-state index in [2.05, 4.69) is 15.6 Å². The van der Waals surface area contributed by atoms with Gasteiger partial charge in [-0.1, -0.05) is 0 Å². The average molecular weight is 480 g/mol. The van der Waals surface area contributed by atoms with Crippen molar-refractivity contribution in [2.75, 3.05) is 31.1 Å². The lowest BCUT2D eigenvalue weighted by molar-refractivity contribution is -0.184. The third-order valence-electron chi connectivity index (χ3n) is 7.38. The molecule has 5 nitrogen and oxygen atoms in total. The smallest absolute Gasteiger partial charge is 0.368 e. The number of nitrogens with one attached hydrogen (secondary N) is 2. The van der Waals surface area contributed by atoms with E-state index in [1.165, 1.54) is 12.4 Å². The Bertz CT molecular complexity index is 1090. The van der Waals surface area contributed by atoms with E-state index in [0.29, 0.717) is 24.3 Å². The van der Waals surface area contributed by atoms with Crippen molar-refractivity contribution in [3.05, 3.63) is 47.8 Å². The third kappa shape index (κ3) is 4.12. The Morgan fingerprint density at radius 1 is 1.09 bits per heavy atom. The average Bonchev–Trinajstić information content (AvgIpc) is 3.28. The van der Waals surface area contributed by atoms with Crippen LogP contribution in [0.4, 0.5) is 27.6 Å². The van der Waals surface area contributed by atoms with Crippen molar-refractivity contribution in [3.8, 4) is 11.1 Å². The molecule has 3 aliphatic rings. The van der Waals surface area contributed by atoms with Crippen LogP contribution in [0.1, 0.15) is 42.5 Å². The van der Waals surface area contributed by atoms with Crippen LogP contribution in [-0.4, -0.2) is 48.8 Å². The predicted octanol–water partition coefficient (Wildman–Crippen LogP) is 4.43. The molecule has 0 radical (unpaired) electrons. The molecular formula is C24H25F5N4O. The molecular weight excluding hydrogens is 455 g/mol. The largest absolute Gasteiger partial charge is 0.396 e. The van der Waals surface area contributed by atoms with Gasteiger partial charge in [-0.15, -0.1) is 0 Å². The van der Waals surface area contributed by atoms with Crippen molar-refractivity contribution < 1.29 is 26.7 Å². The lowest BCUT2D eigenvalue weighted by atomic mass is 9.96. The van der Waals surface area contributed by atoms with Crippen LogP contribution in [0, 0.1) is 17.0 Å². The Labute approximate surface area is 193 Å². The van der Waals surface area contributed by atoms with Gasteiger partial charge in [-0.25, -0.2) is 8.78 Å². The molecule has 3 heterocycles. The van der Waals surface area contributed by atoms with Gasteiger partial charge in [0.05, 0.1) is 16.7 Å². The number of carbonyl (C=O) groups is 1. The van der Waals surface area contributed by atoms with Gasteiger partial charge in [0.1, 0.15) is 11.6 Å². The van der Waals surface area contributed by atoms with E-state index >= 15 is 0 Å². The zero-order valence-electron chi connectivity index (χ0n) is 18.4. The van der Waals surface area contributed by atoms with Crippen LogP contribution in [-0.2, 0) is 0 Å². The minimum atomic E-state index is -4.39. The molecule has 182 valence electrons. The molecule has 3 fully saturated rings. The molecule has 0 unspecified atom stereocenters. The summed E-state index contributed by atoms with van der Waals surface area (Å²) >= 11 is 0. The number of pyridine rings is 1. The molecule has 1 saturated carbocycles. The van der Waals surface area contributed by atoms with Gasteiger partial charge >= 0.3 is 6.18 Å². The number of benzene rings is 1. The highest BCUT2D eigenvalue weighted by molar-refractivity contribution is 6.03. The van der Waals surface area contributed by atoms with E-state index in [-0.39, 0.29) is 29.5 Å². The van der Waals surface area contributed by atoms with Crippen LogP contribution in [0.15, 0.2) is 30.6 Å². The molecule has 10 heteroatoms. The normalized spacial score (nSPS) is 23.5. The second-order valence-corrected chi connectivity index (χ2v) is 9.68. The Morgan fingerprint density at radius 2 is 1.82 bits per heavy atom. The topological polar surface area (TPSA) is 57.3 Å². The van der Waals surface area contributed by atoms with Gasteiger partial charge < -0.3 is 15.5 Å². The Balaban J connectivity index is 1.51. The first-order valence-corrected chi connectivity index (χ1v) is 11.4. The second-order valence-electron chi connectivity index (χ2n) is 9.68. The van der Waals surface area contributed by atoms with Crippen LogP contribution < -0.4 is 15.5 Å². The quantitative estimate of drug-likeness (QED) is 0.622. The monoisotopic (exact) mass is 480 g/mol. The fourth-order valence-electron chi connectivity index (χ4n) is 5.22. The number of amides is 1. The van der Waals surface area contributed by atoms with Crippen molar-refractivity contribution >= 4 is 11.6 Å². The van der Waals surface area contributed by atoms with Gasteiger partial charge in [-0.3, -0.25) is 9.78 Å². The van der Waals surface area contributed by atoms with Gasteiger partial charge in [-0.2, -0.15) is 13.2 Å². The Morgan fingerprint density at radius 3 is 2.44 bits per heavy atom. The maximum atomic E-state index is 14.0. The molecule has 2 N–H and O–H groups in total. The minimum Gasteiger partial charge on any atom is -0.368 e. The van der Waals surface area contributed by atoms with Crippen molar-refractivity contribution in [2.45, 2.75) is 43.8 Å². The summed E-state index contributed by atoms with van der Waals surface area (Å²) in [7, 11) is 0. The van der Waals surface area contributed by atoms with Crippen LogP contribution in [0.25, 0.3) is 11.1 Å². The summed E-state index contributed by atoms with van der Waals surface area (Å²) in [6, 6.07) is 3.08. The molecule has 0 bridgehead atoms. The molecule has 1 aromatic carbocycles. The summed E-state index contributed by atoms with van der Waals surface area (Å²) in [6.07, 6.45) is 1.13. The van der Waals surface area contributed by atoms with Crippen molar-refractivity contribution in [1.82, 2.24) is 15.6 Å². The van der Waals surface area contributed by atoms with Gasteiger partial charge in [0.15, 0.2) is 0 Å². The van der Waals surface area contributed by atoms with Crippen molar-refractivity contribution in [1.29, 1.82) is 0 Å². The number of anilines is 1. The van der Waals surface area contributed by atoms with Crippen LogP contribution in [0.3, 0.4) is 0 Å². The standard InChI is InChI=1S/C24H25F5N4O/c25-16-8-15(9-17(26)10-16)18-11-30-12-19(21(34)31-13-22(3-4-22)24(27,28)29)20(18)33-7-5-23(14-33)2-1-6-32-23/h8-12,32H,1-7,13-14H2,(H,31,34)/t23-/m0/s1. The van der Waals surface area contributed by atoms with Crippen molar-refractivity contribution in [3.63, 3.8) is 0 Å². The molecule has 1 aromatic heterocycles. The van der Waals surface area contributed by atoms with Crippen LogP contribution in [0.2, 0.25) is 0 Å². The van der Waals surface area contributed by atoms with E-state index in [0.717, 1.165) is 44.0 Å². The van der Waals surface area contributed by atoms with Gasteiger partial charge in [-0.05, 0) is 56.3 Å². The summed E-state index contributed by atoms with van der Waals surface area (Å²) in [5, 5.41) is 5.97. The first-order chi connectivity index (χ1) is 16.1.